The van der Waals surface area contributed by atoms with Crippen molar-refractivity contribution in [1.82, 2.24) is 9.88 Å². The summed E-state index contributed by atoms with van der Waals surface area (Å²) in [4.78, 5) is 8.89. The largest absolute Gasteiger partial charge is 0.388 e. The lowest BCUT2D eigenvalue weighted by atomic mass is 9.93. The lowest BCUT2D eigenvalue weighted by Crippen LogP contribution is -2.46. The number of hydrogen-bond acceptors (Lipinski definition) is 5. The molecule has 0 aliphatic carbocycles. The first-order valence-electron chi connectivity index (χ1n) is 8.25. The molecular formula is C17H27N3O2. The molecule has 1 N–H and O–H groups in total. The molecule has 0 unspecified atom stereocenters. The Morgan fingerprint density at radius 3 is 2.91 bits per heavy atom. The molecule has 3 rings (SSSR count). The summed E-state index contributed by atoms with van der Waals surface area (Å²) in [6.45, 7) is 3.16. The molecular weight excluding hydrogens is 278 g/mol. The third kappa shape index (κ3) is 3.42. The second kappa shape index (κ2) is 6.52. The highest BCUT2D eigenvalue weighted by Crippen LogP contribution is 2.35. The van der Waals surface area contributed by atoms with Gasteiger partial charge >= 0.3 is 0 Å². The Kier molecular flexibility index (Phi) is 4.66. The van der Waals surface area contributed by atoms with Crippen LogP contribution in [0.5, 0.6) is 0 Å². The quantitative estimate of drug-likeness (QED) is 0.919. The molecule has 0 radical (unpaired) electrons. The van der Waals surface area contributed by atoms with Crippen molar-refractivity contribution in [3.05, 3.63) is 23.9 Å². The zero-order valence-corrected chi connectivity index (χ0v) is 13.7. The van der Waals surface area contributed by atoms with Gasteiger partial charge in [0.2, 0.25) is 0 Å². The van der Waals surface area contributed by atoms with Crippen LogP contribution in [0.25, 0.3) is 0 Å². The summed E-state index contributed by atoms with van der Waals surface area (Å²) in [6, 6.07) is 4.69. The predicted molar refractivity (Wildman–Crippen MR) is 87.1 cm³/mol. The number of β-amino-alcohol motifs (C(OH)–C–C–N with tert-alkyl or cyclic N) is 1. The van der Waals surface area contributed by atoms with Gasteiger partial charge in [0, 0.05) is 58.9 Å². The van der Waals surface area contributed by atoms with Crippen LogP contribution in [0.2, 0.25) is 0 Å². The molecule has 0 spiro atoms. The summed E-state index contributed by atoms with van der Waals surface area (Å²) in [5.74, 6) is 0.995. The third-order valence-electron chi connectivity index (χ3n) is 4.90. The van der Waals surface area contributed by atoms with Crippen LogP contribution in [0, 0.1) is 0 Å². The highest BCUT2D eigenvalue weighted by atomic mass is 16.5. The van der Waals surface area contributed by atoms with Crippen LogP contribution in [0.1, 0.15) is 37.3 Å². The van der Waals surface area contributed by atoms with Gasteiger partial charge in [0.1, 0.15) is 5.82 Å². The molecule has 2 fully saturated rings. The van der Waals surface area contributed by atoms with Crippen LogP contribution < -0.4 is 4.90 Å². The van der Waals surface area contributed by atoms with Gasteiger partial charge in [-0.05, 0) is 37.1 Å². The van der Waals surface area contributed by atoms with Crippen molar-refractivity contribution in [2.45, 2.75) is 37.3 Å². The van der Waals surface area contributed by atoms with E-state index >= 15 is 0 Å². The van der Waals surface area contributed by atoms with Crippen molar-refractivity contribution < 1.29 is 9.84 Å². The number of nitrogens with zero attached hydrogens (tertiary/aromatic N) is 3. The molecule has 2 saturated heterocycles. The second-order valence-corrected chi connectivity index (χ2v) is 6.81. The predicted octanol–water partition coefficient (Wildman–Crippen LogP) is 1.83. The summed E-state index contributed by atoms with van der Waals surface area (Å²) in [7, 11) is 4.03. The molecule has 22 heavy (non-hydrogen) atoms. The highest BCUT2D eigenvalue weighted by molar-refractivity contribution is 5.40. The normalized spacial score (nSPS) is 25.3. The number of hydrogen-bond donors (Lipinski definition) is 1. The smallest absolute Gasteiger partial charge is 0.128 e. The summed E-state index contributed by atoms with van der Waals surface area (Å²) >= 11 is 0. The fourth-order valence-corrected chi connectivity index (χ4v) is 3.57. The first-order valence-corrected chi connectivity index (χ1v) is 8.25. The van der Waals surface area contributed by atoms with Gasteiger partial charge in [-0.3, -0.25) is 4.90 Å². The van der Waals surface area contributed by atoms with E-state index in [4.69, 9.17) is 4.74 Å². The van der Waals surface area contributed by atoms with E-state index < -0.39 is 5.60 Å². The topological polar surface area (TPSA) is 48.8 Å². The molecule has 0 bridgehead atoms. The first kappa shape index (κ1) is 15.7. The minimum Gasteiger partial charge on any atom is -0.388 e. The van der Waals surface area contributed by atoms with Gasteiger partial charge in [-0.15, -0.1) is 0 Å². The van der Waals surface area contributed by atoms with Crippen LogP contribution in [-0.2, 0) is 4.74 Å². The molecule has 5 nitrogen and oxygen atoms in total. The molecule has 1 atom stereocenters. The standard InChI is InChI=1S/C17H27N3O2/c1-19(2)16-12-14(5-8-18-16)15-4-3-9-20(15)13-17(21)6-10-22-11-7-17/h5,8,12,15,21H,3-4,6-7,9-11,13H2,1-2H3/t15-/m1/s1. The maximum atomic E-state index is 10.8. The van der Waals surface area contributed by atoms with E-state index in [9.17, 15) is 5.11 Å². The number of aliphatic hydroxyl groups is 1. The number of likely N-dealkylation sites (tertiary alicyclic amines) is 1. The molecule has 1 aromatic rings. The fraction of sp³-hybridized carbons (Fsp3) is 0.706. The molecule has 122 valence electrons. The summed E-state index contributed by atoms with van der Waals surface area (Å²) in [5.41, 5.74) is 0.727. The molecule has 2 aliphatic heterocycles. The average molecular weight is 305 g/mol. The average Bonchev–Trinajstić information content (AvgIpc) is 2.95. The molecule has 5 heteroatoms. The van der Waals surface area contributed by atoms with E-state index in [1.54, 1.807) is 0 Å². The Morgan fingerprint density at radius 1 is 1.41 bits per heavy atom. The number of rotatable bonds is 4. The van der Waals surface area contributed by atoms with E-state index in [0.717, 1.165) is 38.2 Å². The number of aromatic nitrogens is 1. The molecule has 2 aliphatic rings. The third-order valence-corrected chi connectivity index (χ3v) is 4.90. The van der Waals surface area contributed by atoms with Gasteiger partial charge in [0.25, 0.3) is 0 Å². The Balaban J connectivity index is 1.74. The second-order valence-electron chi connectivity index (χ2n) is 6.81. The van der Waals surface area contributed by atoms with E-state index in [-0.39, 0.29) is 0 Å². The van der Waals surface area contributed by atoms with E-state index in [1.165, 1.54) is 12.0 Å². The molecule has 3 heterocycles. The van der Waals surface area contributed by atoms with Crippen LogP contribution in [0.4, 0.5) is 5.82 Å². The van der Waals surface area contributed by atoms with Gasteiger partial charge in [-0.2, -0.15) is 0 Å². The lowest BCUT2D eigenvalue weighted by molar-refractivity contribution is -0.0815. The molecule has 0 saturated carbocycles. The van der Waals surface area contributed by atoms with Crippen molar-refractivity contribution in [2.24, 2.45) is 0 Å². The number of pyridine rings is 1. The Morgan fingerprint density at radius 2 is 2.18 bits per heavy atom. The Hall–Kier alpha value is -1.17. The minimum atomic E-state index is -0.585. The Bertz CT molecular complexity index is 500. The van der Waals surface area contributed by atoms with Gasteiger partial charge in [-0.1, -0.05) is 0 Å². The van der Waals surface area contributed by atoms with Crippen molar-refractivity contribution in [3.8, 4) is 0 Å². The van der Waals surface area contributed by atoms with E-state index in [2.05, 4.69) is 22.0 Å². The first-order chi connectivity index (χ1) is 10.6. The monoisotopic (exact) mass is 305 g/mol. The van der Waals surface area contributed by atoms with Crippen molar-refractivity contribution in [3.63, 3.8) is 0 Å². The Labute approximate surface area is 132 Å². The lowest BCUT2D eigenvalue weighted by Gasteiger charge is -2.37. The minimum absolute atomic E-state index is 0.397. The number of anilines is 1. The highest BCUT2D eigenvalue weighted by Gasteiger charge is 2.36. The summed E-state index contributed by atoms with van der Waals surface area (Å²) in [6.07, 6.45) is 5.73. The van der Waals surface area contributed by atoms with Gasteiger partial charge in [-0.25, -0.2) is 4.98 Å². The van der Waals surface area contributed by atoms with Crippen LogP contribution in [-0.4, -0.2) is 61.0 Å². The van der Waals surface area contributed by atoms with E-state index in [1.807, 2.05) is 25.2 Å². The van der Waals surface area contributed by atoms with Gasteiger partial charge in [0.15, 0.2) is 0 Å². The molecule has 0 amide bonds. The zero-order valence-electron chi connectivity index (χ0n) is 13.7. The van der Waals surface area contributed by atoms with Gasteiger partial charge < -0.3 is 14.7 Å². The van der Waals surface area contributed by atoms with Crippen LogP contribution >= 0.6 is 0 Å². The van der Waals surface area contributed by atoms with Gasteiger partial charge in [0.05, 0.1) is 5.60 Å². The SMILES string of the molecule is CN(C)c1cc([C@H]2CCCN2CC2(O)CCOCC2)ccn1. The van der Waals surface area contributed by atoms with E-state index in [0.29, 0.717) is 19.3 Å². The maximum absolute atomic E-state index is 10.8. The number of ether oxygens (including phenoxy) is 1. The van der Waals surface area contributed by atoms with Crippen molar-refractivity contribution in [2.75, 3.05) is 45.3 Å². The summed E-state index contributed by atoms with van der Waals surface area (Å²) in [5, 5.41) is 10.8. The van der Waals surface area contributed by atoms with Crippen molar-refractivity contribution in [1.29, 1.82) is 0 Å². The summed E-state index contributed by atoms with van der Waals surface area (Å²) < 4.78 is 5.39. The van der Waals surface area contributed by atoms with Crippen LogP contribution in [0.15, 0.2) is 18.3 Å². The molecule has 0 aromatic carbocycles. The van der Waals surface area contributed by atoms with Crippen LogP contribution in [0.3, 0.4) is 0 Å². The maximum Gasteiger partial charge on any atom is 0.128 e. The zero-order chi connectivity index (χ0) is 15.6. The van der Waals surface area contributed by atoms with Crippen molar-refractivity contribution >= 4 is 5.82 Å². The fourth-order valence-electron chi connectivity index (χ4n) is 3.57. The molecule has 1 aromatic heterocycles.